The van der Waals surface area contributed by atoms with Crippen molar-refractivity contribution in [3.05, 3.63) is 36.4 Å². The lowest BCUT2D eigenvalue weighted by atomic mass is 9.97. The second kappa shape index (κ2) is 7.57. The highest BCUT2D eigenvalue weighted by Crippen LogP contribution is 2.34. The Labute approximate surface area is 175 Å². The van der Waals surface area contributed by atoms with Crippen molar-refractivity contribution in [2.45, 2.75) is 12.8 Å². The number of benzene rings is 2. The van der Waals surface area contributed by atoms with Gasteiger partial charge in [-0.3, -0.25) is 4.79 Å². The fourth-order valence-electron chi connectivity index (χ4n) is 3.66. The Morgan fingerprint density at radius 1 is 1.24 bits per heavy atom. The van der Waals surface area contributed by atoms with Gasteiger partial charge in [-0.1, -0.05) is 17.4 Å². The van der Waals surface area contributed by atoms with E-state index >= 15 is 0 Å². The first-order valence-corrected chi connectivity index (χ1v) is 11.0. The molecule has 1 amide bonds. The van der Waals surface area contributed by atoms with Crippen molar-refractivity contribution in [3.63, 3.8) is 0 Å². The zero-order valence-electron chi connectivity index (χ0n) is 15.8. The van der Waals surface area contributed by atoms with Gasteiger partial charge in [0, 0.05) is 13.1 Å². The topological polar surface area (TPSA) is 80.2 Å². The lowest BCUT2D eigenvalue weighted by Gasteiger charge is -2.31. The average molecular weight is 426 g/mol. The zero-order valence-corrected chi connectivity index (χ0v) is 17.4. The van der Waals surface area contributed by atoms with E-state index in [4.69, 9.17) is 9.72 Å². The number of methoxy groups -OCH3 is 1. The highest BCUT2D eigenvalue weighted by molar-refractivity contribution is 7.22. The summed E-state index contributed by atoms with van der Waals surface area (Å²) in [5.41, 5.74) is 3.24. The number of aromatic nitrogens is 3. The number of anilines is 2. The number of piperidine rings is 1. The predicted octanol–water partition coefficient (Wildman–Crippen LogP) is 4.16. The van der Waals surface area contributed by atoms with Crippen LogP contribution in [-0.4, -0.2) is 39.8 Å². The summed E-state index contributed by atoms with van der Waals surface area (Å²) in [4.78, 5) is 19.9. The third-order valence-electron chi connectivity index (χ3n) is 5.19. The van der Waals surface area contributed by atoms with Crippen LogP contribution < -0.4 is 15.0 Å². The number of carbonyl (C=O) groups is 1. The van der Waals surface area contributed by atoms with Gasteiger partial charge in [0.25, 0.3) is 0 Å². The Hall–Kier alpha value is -2.78. The van der Waals surface area contributed by atoms with Gasteiger partial charge in [-0.25, -0.2) is 4.98 Å². The monoisotopic (exact) mass is 425 g/mol. The molecule has 148 valence electrons. The van der Waals surface area contributed by atoms with E-state index in [2.05, 4.69) is 19.0 Å². The molecule has 0 spiro atoms. The first-order valence-electron chi connectivity index (χ1n) is 9.43. The highest BCUT2D eigenvalue weighted by atomic mass is 32.1. The van der Waals surface area contributed by atoms with Gasteiger partial charge in [0.05, 0.1) is 40.7 Å². The fourth-order valence-corrected chi connectivity index (χ4v) is 5.24. The molecule has 1 N–H and O–H groups in total. The van der Waals surface area contributed by atoms with Crippen molar-refractivity contribution in [3.8, 4) is 5.75 Å². The molecule has 5 rings (SSSR count). The molecule has 9 heteroatoms. The van der Waals surface area contributed by atoms with Gasteiger partial charge in [-0.15, -0.1) is 0 Å². The van der Waals surface area contributed by atoms with Crippen LogP contribution in [0.5, 0.6) is 5.75 Å². The van der Waals surface area contributed by atoms with Crippen molar-refractivity contribution >= 4 is 61.0 Å². The standard InChI is InChI=1S/C20H19N5O2S2/c1-27-13-7-8-14-17(10-13)28-20(22-14)25-9-3-4-12(11-25)19(26)21-15-5-2-6-16-18(15)24-29-23-16/h2,5-8,10,12H,3-4,9,11H2,1H3,(H,21,26). The Bertz CT molecular complexity index is 1190. The van der Waals surface area contributed by atoms with Crippen LogP contribution in [0, 0.1) is 5.92 Å². The van der Waals surface area contributed by atoms with Crippen LogP contribution >= 0.6 is 23.1 Å². The molecule has 1 saturated heterocycles. The molecule has 0 radical (unpaired) electrons. The van der Waals surface area contributed by atoms with E-state index in [0.717, 1.165) is 68.9 Å². The van der Waals surface area contributed by atoms with Gasteiger partial charge in [-0.2, -0.15) is 8.75 Å². The molecule has 1 aliphatic heterocycles. The molecule has 1 fully saturated rings. The Balaban J connectivity index is 1.33. The molecule has 0 aliphatic carbocycles. The minimum atomic E-state index is -0.0906. The van der Waals surface area contributed by atoms with Gasteiger partial charge >= 0.3 is 0 Å². The van der Waals surface area contributed by atoms with Crippen LogP contribution in [0.3, 0.4) is 0 Å². The molecule has 3 heterocycles. The number of fused-ring (bicyclic) bond motifs is 2. The first-order chi connectivity index (χ1) is 14.2. The second-order valence-corrected chi connectivity index (χ2v) is 8.58. The lowest BCUT2D eigenvalue weighted by molar-refractivity contribution is -0.120. The molecule has 1 atom stereocenters. The normalized spacial score (nSPS) is 17.0. The van der Waals surface area contributed by atoms with E-state index in [-0.39, 0.29) is 11.8 Å². The number of amides is 1. The number of thiazole rings is 1. The number of nitrogens with one attached hydrogen (secondary N) is 1. The molecule has 1 aliphatic rings. The number of nitrogens with zero attached hydrogens (tertiary/aromatic N) is 4. The third-order valence-corrected chi connectivity index (χ3v) is 6.81. The molecule has 29 heavy (non-hydrogen) atoms. The fraction of sp³-hybridized carbons (Fsp3) is 0.300. The van der Waals surface area contributed by atoms with Crippen molar-refractivity contribution in [1.82, 2.24) is 13.7 Å². The molecule has 2 aromatic heterocycles. The molecule has 1 unspecified atom stereocenters. The summed E-state index contributed by atoms with van der Waals surface area (Å²) in [6.07, 6.45) is 1.83. The van der Waals surface area contributed by atoms with Crippen LogP contribution in [0.25, 0.3) is 21.3 Å². The summed E-state index contributed by atoms with van der Waals surface area (Å²) in [6.45, 7) is 1.57. The Morgan fingerprint density at radius 3 is 3.07 bits per heavy atom. The van der Waals surface area contributed by atoms with E-state index in [1.165, 1.54) is 0 Å². The van der Waals surface area contributed by atoms with Gasteiger partial charge in [0.15, 0.2) is 5.13 Å². The van der Waals surface area contributed by atoms with Crippen LogP contribution in [-0.2, 0) is 4.79 Å². The second-order valence-electron chi connectivity index (χ2n) is 7.04. The Morgan fingerprint density at radius 2 is 2.17 bits per heavy atom. The van der Waals surface area contributed by atoms with Gasteiger partial charge in [0.1, 0.15) is 16.8 Å². The number of carbonyl (C=O) groups excluding carboxylic acids is 1. The maximum atomic E-state index is 12.9. The molecule has 7 nitrogen and oxygen atoms in total. The largest absolute Gasteiger partial charge is 0.497 e. The summed E-state index contributed by atoms with van der Waals surface area (Å²) >= 11 is 2.80. The van der Waals surface area contributed by atoms with Crippen LogP contribution in [0.15, 0.2) is 36.4 Å². The van der Waals surface area contributed by atoms with Crippen LogP contribution in [0.4, 0.5) is 10.8 Å². The summed E-state index contributed by atoms with van der Waals surface area (Å²) in [5, 5.41) is 4.01. The molecule has 0 saturated carbocycles. The molecular weight excluding hydrogens is 406 g/mol. The number of rotatable bonds is 4. The summed E-state index contributed by atoms with van der Waals surface area (Å²) in [7, 11) is 1.67. The smallest absolute Gasteiger partial charge is 0.229 e. The molecular formula is C20H19N5O2S2. The summed E-state index contributed by atoms with van der Waals surface area (Å²) < 4.78 is 14.9. The van der Waals surface area contributed by atoms with Crippen LogP contribution in [0.1, 0.15) is 12.8 Å². The van der Waals surface area contributed by atoms with Gasteiger partial charge < -0.3 is 15.0 Å². The molecule has 2 aromatic carbocycles. The van der Waals surface area contributed by atoms with E-state index in [9.17, 15) is 4.79 Å². The SMILES string of the molecule is COc1ccc2nc(N3CCCC(C(=O)Nc4cccc5nsnc45)C3)sc2c1. The highest BCUT2D eigenvalue weighted by Gasteiger charge is 2.28. The van der Waals surface area contributed by atoms with E-state index in [0.29, 0.717) is 6.54 Å². The maximum Gasteiger partial charge on any atom is 0.229 e. The number of hydrogen-bond donors (Lipinski definition) is 1. The first kappa shape index (κ1) is 18.3. The summed E-state index contributed by atoms with van der Waals surface area (Å²) in [6, 6.07) is 11.6. The van der Waals surface area contributed by atoms with E-state index in [1.54, 1.807) is 18.4 Å². The zero-order chi connectivity index (χ0) is 19.8. The molecule has 0 bridgehead atoms. The molecule has 4 aromatic rings. The maximum absolute atomic E-state index is 12.9. The van der Waals surface area contributed by atoms with Crippen molar-refractivity contribution in [2.75, 3.05) is 30.4 Å². The average Bonchev–Trinajstić information content (AvgIpc) is 3.40. The van der Waals surface area contributed by atoms with Crippen LogP contribution in [0.2, 0.25) is 0 Å². The summed E-state index contributed by atoms with van der Waals surface area (Å²) in [5.74, 6) is 0.763. The number of ether oxygens (including phenoxy) is 1. The van der Waals surface area contributed by atoms with Crippen molar-refractivity contribution in [2.24, 2.45) is 5.92 Å². The van der Waals surface area contributed by atoms with Crippen molar-refractivity contribution in [1.29, 1.82) is 0 Å². The number of hydrogen-bond acceptors (Lipinski definition) is 8. The van der Waals surface area contributed by atoms with E-state index < -0.39 is 0 Å². The van der Waals surface area contributed by atoms with E-state index in [1.807, 2.05) is 36.4 Å². The minimum absolute atomic E-state index is 0.0259. The van der Waals surface area contributed by atoms with Gasteiger partial charge in [-0.05, 0) is 43.2 Å². The minimum Gasteiger partial charge on any atom is -0.497 e. The van der Waals surface area contributed by atoms with Crippen molar-refractivity contribution < 1.29 is 9.53 Å². The van der Waals surface area contributed by atoms with Gasteiger partial charge in [0.2, 0.25) is 5.91 Å². The quantitative estimate of drug-likeness (QED) is 0.529. The Kier molecular flexibility index (Phi) is 4.76. The lowest BCUT2D eigenvalue weighted by Crippen LogP contribution is -2.40. The third kappa shape index (κ3) is 3.51. The predicted molar refractivity (Wildman–Crippen MR) is 117 cm³/mol.